The first kappa shape index (κ1) is 13.5. The molecular weight excluding hydrogens is 338 g/mol. The van der Waals surface area contributed by atoms with Gasteiger partial charge in [0.05, 0.1) is 22.0 Å². The van der Waals surface area contributed by atoms with Crippen LogP contribution in [0.1, 0.15) is 15.5 Å². The molecule has 0 spiro atoms. The van der Waals surface area contributed by atoms with Crippen molar-refractivity contribution in [3.63, 3.8) is 0 Å². The van der Waals surface area contributed by atoms with Crippen LogP contribution in [0.3, 0.4) is 0 Å². The molecule has 0 aliphatic carbocycles. The Bertz CT molecular complexity index is 612. The zero-order valence-electron chi connectivity index (χ0n) is 9.66. The molecule has 0 aliphatic heterocycles. The van der Waals surface area contributed by atoms with Crippen LogP contribution in [0, 0.1) is 6.92 Å². The van der Waals surface area contributed by atoms with E-state index in [2.05, 4.69) is 20.9 Å². The molecule has 0 bridgehead atoms. The number of hydrogen-bond acceptors (Lipinski definition) is 4. The number of esters is 1. The van der Waals surface area contributed by atoms with Gasteiger partial charge in [0, 0.05) is 4.47 Å². The lowest BCUT2D eigenvalue weighted by molar-refractivity contribution is 0.0595. The molecule has 2 aromatic rings. The second kappa shape index (κ2) is 5.38. The fourth-order valence-corrected chi connectivity index (χ4v) is 2.83. The molecule has 94 valence electrons. The lowest BCUT2D eigenvalue weighted by Crippen LogP contribution is -2.03. The second-order valence-electron chi connectivity index (χ2n) is 3.53. The van der Waals surface area contributed by atoms with E-state index in [0.717, 1.165) is 19.9 Å². The Hall–Kier alpha value is -0.910. The van der Waals surface area contributed by atoms with Crippen LogP contribution >= 0.6 is 38.9 Å². The van der Waals surface area contributed by atoms with Crippen molar-refractivity contribution in [1.82, 2.24) is 4.98 Å². The maximum absolute atomic E-state index is 11.7. The number of aromatic nitrogens is 1. The van der Waals surface area contributed by atoms with Crippen LogP contribution < -0.4 is 0 Å². The van der Waals surface area contributed by atoms with Gasteiger partial charge in [-0.1, -0.05) is 17.7 Å². The average molecular weight is 347 g/mol. The van der Waals surface area contributed by atoms with Crippen LogP contribution in [-0.4, -0.2) is 18.1 Å². The Morgan fingerprint density at radius 2 is 2.22 bits per heavy atom. The molecule has 6 heteroatoms. The number of carbonyl (C=O) groups is 1. The van der Waals surface area contributed by atoms with Gasteiger partial charge in [-0.15, -0.1) is 11.3 Å². The summed E-state index contributed by atoms with van der Waals surface area (Å²) in [5.41, 5.74) is 1.19. The van der Waals surface area contributed by atoms with Gasteiger partial charge in [0.15, 0.2) is 5.69 Å². The molecule has 18 heavy (non-hydrogen) atoms. The molecule has 0 unspecified atom stereocenters. The molecule has 1 heterocycles. The molecule has 0 amide bonds. The fraction of sp³-hybridized carbons (Fsp3) is 0.167. The van der Waals surface area contributed by atoms with E-state index in [0.29, 0.717) is 10.7 Å². The van der Waals surface area contributed by atoms with Gasteiger partial charge in [-0.05, 0) is 40.5 Å². The number of halogens is 2. The molecule has 0 saturated carbocycles. The van der Waals surface area contributed by atoms with Crippen molar-refractivity contribution < 1.29 is 9.53 Å². The molecular formula is C12H9BrClNO2S. The van der Waals surface area contributed by atoms with Gasteiger partial charge in [0.2, 0.25) is 0 Å². The monoisotopic (exact) mass is 345 g/mol. The van der Waals surface area contributed by atoms with E-state index in [1.807, 2.05) is 19.1 Å². The number of thiazole rings is 1. The van der Waals surface area contributed by atoms with E-state index in [-0.39, 0.29) is 0 Å². The van der Waals surface area contributed by atoms with E-state index in [4.69, 9.17) is 16.3 Å². The number of ether oxygens (including phenoxy) is 1. The van der Waals surface area contributed by atoms with Crippen molar-refractivity contribution in [3.05, 3.63) is 38.4 Å². The third-order valence-electron chi connectivity index (χ3n) is 2.29. The summed E-state index contributed by atoms with van der Waals surface area (Å²) in [5.74, 6) is -0.437. The second-order valence-corrected chi connectivity index (χ2v) is 6.00. The number of benzene rings is 1. The minimum atomic E-state index is -0.437. The fourth-order valence-electron chi connectivity index (χ4n) is 1.50. The number of nitrogens with zero attached hydrogens (tertiary/aromatic N) is 1. The Morgan fingerprint density at radius 3 is 2.83 bits per heavy atom. The molecule has 0 saturated heterocycles. The van der Waals surface area contributed by atoms with Crippen molar-refractivity contribution in [2.24, 2.45) is 0 Å². The number of rotatable bonds is 2. The Labute approximate surface area is 122 Å². The lowest BCUT2D eigenvalue weighted by Gasteiger charge is -2.03. The summed E-state index contributed by atoms with van der Waals surface area (Å²) in [4.78, 5) is 16.6. The summed E-state index contributed by atoms with van der Waals surface area (Å²) in [6, 6.07) is 5.52. The number of carbonyl (C=O) groups excluding carboxylic acids is 1. The largest absolute Gasteiger partial charge is 0.464 e. The average Bonchev–Trinajstić information content (AvgIpc) is 2.74. The lowest BCUT2D eigenvalue weighted by atomic mass is 10.1. The summed E-state index contributed by atoms with van der Waals surface area (Å²) in [7, 11) is 1.34. The maximum Gasteiger partial charge on any atom is 0.358 e. The highest BCUT2D eigenvalue weighted by Gasteiger charge is 2.19. The van der Waals surface area contributed by atoms with Crippen LogP contribution in [0.2, 0.25) is 5.02 Å². The standard InChI is InChI=1S/C12H9BrClNO2S/c1-6-15-10(12(16)17-2)11(18-6)7-3-4-8(13)9(14)5-7/h3-5H,1-2H3. The predicted molar refractivity (Wildman–Crippen MR) is 76.3 cm³/mol. The summed E-state index contributed by atoms with van der Waals surface area (Å²) < 4.78 is 5.54. The smallest absolute Gasteiger partial charge is 0.358 e. The van der Waals surface area contributed by atoms with E-state index < -0.39 is 5.97 Å². The quantitative estimate of drug-likeness (QED) is 0.760. The molecule has 1 aromatic carbocycles. The first-order chi connectivity index (χ1) is 8.52. The van der Waals surface area contributed by atoms with Crippen LogP contribution in [0.15, 0.2) is 22.7 Å². The van der Waals surface area contributed by atoms with Crippen LogP contribution in [0.4, 0.5) is 0 Å². The highest BCUT2D eigenvalue weighted by molar-refractivity contribution is 9.10. The minimum absolute atomic E-state index is 0.332. The van der Waals surface area contributed by atoms with Crippen molar-refractivity contribution >= 4 is 44.8 Å². The Balaban J connectivity index is 2.56. The summed E-state index contributed by atoms with van der Waals surface area (Å²) in [5, 5.41) is 1.40. The highest BCUT2D eigenvalue weighted by atomic mass is 79.9. The first-order valence-electron chi connectivity index (χ1n) is 5.04. The van der Waals surface area contributed by atoms with Crippen LogP contribution in [0.5, 0.6) is 0 Å². The van der Waals surface area contributed by atoms with Gasteiger partial charge in [-0.3, -0.25) is 0 Å². The zero-order chi connectivity index (χ0) is 13.3. The number of methoxy groups -OCH3 is 1. The van der Waals surface area contributed by atoms with Crippen molar-refractivity contribution in [2.75, 3.05) is 7.11 Å². The normalized spacial score (nSPS) is 10.4. The van der Waals surface area contributed by atoms with Gasteiger partial charge in [0.25, 0.3) is 0 Å². The summed E-state index contributed by atoms with van der Waals surface area (Å²) in [6.45, 7) is 1.85. The minimum Gasteiger partial charge on any atom is -0.464 e. The maximum atomic E-state index is 11.7. The van der Waals surface area contributed by atoms with E-state index in [1.54, 1.807) is 6.07 Å². The Kier molecular flexibility index (Phi) is 4.04. The summed E-state index contributed by atoms with van der Waals surface area (Å²) >= 11 is 10.8. The van der Waals surface area contributed by atoms with Crippen LogP contribution in [0.25, 0.3) is 10.4 Å². The van der Waals surface area contributed by atoms with Crippen molar-refractivity contribution in [3.8, 4) is 10.4 Å². The topological polar surface area (TPSA) is 39.2 Å². The van der Waals surface area contributed by atoms with Gasteiger partial charge in [0.1, 0.15) is 0 Å². The molecule has 0 N–H and O–H groups in total. The zero-order valence-corrected chi connectivity index (χ0v) is 12.8. The van der Waals surface area contributed by atoms with Gasteiger partial charge < -0.3 is 4.74 Å². The molecule has 0 fully saturated rings. The van der Waals surface area contributed by atoms with E-state index in [9.17, 15) is 4.79 Å². The van der Waals surface area contributed by atoms with E-state index >= 15 is 0 Å². The first-order valence-corrected chi connectivity index (χ1v) is 7.03. The van der Waals surface area contributed by atoms with Crippen LogP contribution in [-0.2, 0) is 4.74 Å². The van der Waals surface area contributed by atoms with Gasteiger partial charge in [-0.25, -0.2) is 9.78 Å². The number of hydrogen-bond donors (Lipinski definition) is 0. The Morgan fingerprint density at radius 1 is 1.50 bits per heavy atom. The number of aryl methyl sites for hydroxylation is 1. The van der Waals surface area contributed by atoms with Gasteiger partial charge >= 0.3 is 5.97 Å². The molecule has 0 radical (unpaired) electrons. The molecule has 0 atom stereocenters. The molecule has 3 nitrogen and oxygen atoms in total. The summed E-state index contributed by atoms with van der Waals surface area (Å²) in [6.07, 6.45) is 0. The SMILES string of the molecule is COC(=O)c1nc(C)sc1-c1ccc(Br)c(Cl)c1. The third-order valence-corrected chi connectivity index (χ3v) is 4.55. The van der Waals surface area contributed by atoms with Crippen molar-refractivity contribution in [1.29, 1.82) is 0 Å². The highest BCUT2D eigenvalue weighted by Crippen LogP contribution is 2.34. The molecule has 1 aromatic heterocycles. The van der Waals surface area contributed by atoms with Crippen molar-refractivity contribution in [2.45, 2.75) is 6.92 Å². The molecule has 2 rings (SSSR count). The predicted octanol–water partition coefficient (Wildman–Crippen LogP) is 4.32. The van der Waals surface area contributed by atoms with E-state index in [1.165, 1.54) is 18.4 Å². The third kappa shape index (κ3) is 2.58. The molecule has 0 aliphatic rings. The van der Waals surface area contributed by atoms with Gasteiger partial charge in [-0.2, -0.15) is 0 Å².